The van der Waals surface area contributed by atoms with Crippen molar-refractivity contribution >= 4 is 17.5 Å². The highest BCUT2D eigenvalue weighted by molar-refractivity contribution is 6.04. The van der Waals surface area contributed by atoms with E-state index in [0.29, 0.717) is 11.3 Å². The maximum absolute atomic E-state index is 12.6. The van der Waals surface area contributed by atoms with Gasteiger partial charge in [0.15, 0.2) is 0 Å². The van der Waals surface area contributed by atoms with Crippen LogP contribution in [0.5, 0.6) is 0 Å². The third-order valence-electron chi connectivity index (χ3n) is 4.14. The topological polar surface area (TPSA) is 58.2 Å². The summed E-state index contributed by atoms with van der Waals surface area (Å²) in [5, 5.41) is 5.83. The van der Waals surface area contributed by atoms with Crippen molar-refractivity contribution in [2.75, 3.05) is 5.32 Å². The molecule has 2 aromatic carbocycles. The smallest absolute Gasteiger partial charge is 0.253 e. The molecule has 2 amide bonds. The van der Waals surface area contributed by atoms with Gasteiger partial charge in [-0.1, -0.05) is 56.3 Å². The van der Waals surface area contributed by atoms with Crippen molar-refractivity contribution in [3.05, 3.63) is 65.7 Å². The summed E-state index contributed by atoms with van der Waals surface area (Å²) in [6, 6.07) is 16.7. The second-order valence-electron chi connectivity index (χ2n) is 5.95. The third-order valence-corrected chi connectivity index (χ3v) is 4.14. The van der Waals surface area contributed by atoms with Gasteiger partial charge in [0.2, 0.25) is 5.91 Å². The molecule has 2 aromatic rings. The van der Waals surface area contributed by atoms with Crippen molar-refractivity contribution in [1.29, 1.82) is 0 Å². The van der Waals surface area contributed by atoms with Crippen LogP contribution in [0.3, 0.4) is 0 Å². The van der Waals surface area contributed by atoms with Crippen molar-refractivity contribution in [3.8, 4) is 0 Å². The Balaban J connectivity index is 2.13. The van der Waals surface area contributed by atoms with Crippen LogP contribution in [0, 0.1) is 5.92 Å². The SMILES string of the molecule is CC[C@H](C)C(=O)Nc1ccccc1C(=O)N[C@@H](C)c1ccccc1. The molecule has 0 aliphatic rings. The van der Waals surface area contributed by atoms with Crippen molar-refractivity contribution in [2.45, 2.75) is 33.2 Å². The predicted octanol–water partition coefficient (Wildman–Crippen LogP) is 4.16. The van der Waals surface area contributed by atoms with Gasteiger partial charge in [0.1, 0.15) is 0 Å². The summed E-state index contributed by atoms with van der Waals surface area (Å²) in [5.41, 5.74) is 2.05. The van der Waals surface area contributed by atoms with Crippen molar-refractivity contribution < 1.29 is 9.59 Å². The first kappa shape index (κ1) is 17.7. The van der Waals surface area contributed by atoms with Gasteiger partial charge < -0.3 is 10.6 Å². The molecule has 0 aromatic heterocycles. The van der Waals surface area contributed by atoms with Crippen molar-refractivity contribution in [3.63, 3.8) is 0 Å². The van der Waals surface area contributed by atoms with Crippen molar-refractivity contribution in [2.24, 2.45) is 5.92 Å². The fourth-order valence-electron chi connectivity index (χ4n) is 2.33. The zero-order chi connectivity index (χ0) is 17.5. The Labute approximate surface area is 143 Å². The monoisotopic (exact) mass is 324 g/mol. The second kappa shape index (κ2) is 8.29. The lowest BCUT2D eigenvalue weighted by atomic mass is 10.1. The summed E-state index contributed by atoms with van der Waals surface area (Å²) in [5.74, 6) is -0.371. The summed E-state index contributed by atoms with van der Waals surface area (Å²) in [6.07, 6.45) is 0.755. The molecule has 0 aliphatic heterocycles. The van der Waals surface area contributed by atoms with Crippen LogP contribution in [-0.4, -0.2) is 11.8 Å². The summed E-state index contributed by atoms with van der Waals surface area (Å²) in [7, 11) is 0. The Morgan fingerprint density at radius 3 is 2.25 bits per heavy atom. The van der Waals surface area contributed by atoms with Crippen LogP contribution in [0.1, 0.15) is 49.2 Å². The van der Waals surface area contributed by atoms with Gasteiger partial charge in [0, 0.05) is 5.92 Å². The molecule has 0 heterocycles. The van der Waals surface area contributed by atoms with Gasteiger partial charge in [-0.05, 0) is 31.0 Å². The quantitative estimate of drug-likeness (QED) is 0.838. The third kappa shape index (κ3) is 4.44. The normalized spacial score (nSPS) is 13.0. The van der Waals surface area contributed by atoms with Crippen LogP contribution in [0.25, 0.3) is 0 Å². The van der Waals surface area contributed by atoms with E-state index in [9.17, 15) is 9.59 Å². The second-order valence-corrected chi connectivity index (χ2v) is 5.95. The average Bonchev–Trinajstić information content (AvgIpc) is 2.62. The van der Waals surface area contributed by atoms with Crippen LogP contribution in [0.4, 0.5) is 5.69 Å². The minimum atomic E-state index is -0.202. The van der Waals surface area contributed by atoms with Crippen molar-refractivity contribution in [1.82, 2.24) is 5.32 Å². The molecule has 126 valence electrons. The van der Waals surface area contributed by atoms with Crippen LogP contribution < -0.4 is 10.6 Å². The standard InChI is InChI=1S/C20H24N2O2/c1-4-14(2)19(23)22-18-13-9-8-12-17(18)20(24)21-15(3)16-10-6-5-7-11-16/h5-15H,4H2,1-3H3,(H,21,24)(H,22,23)/t14-,15-/m0/s1. The minimum absolute atomic E-state index is 0.0751. The molecule has 0 radical (unpaired) electrons. The number of carbonyl (C=O) groups excluding carboxylic acids is 2. The van der Waals surface area contributed by atoms with Gasteiger partial charge in [-0.15, -0.1) is 0 Å². The van der Waals surface area contributed by atoms with Gasteiger partial charge in [-0.3, -0.25) is 9.59 Å². The number of anilines is 1. The van der Waals surface area contributed by atoms with Gasteiger partial charge in [-0.25, -0.2) is 0 Å². The number of para-hydroxylation sites is 1. The molecule has 0 bridgehead atoms. The Morgan fingerprint density at radius 1 is 0.958 bits per heavy atom. The highest BCUT2D eigenvalue weighted by atomic mass is 16.2. The lowest BCUT2D eigenvalue weighted by molar-refractivity contribution is -0.119. The largest absolute Gasteiger partial charge is 0.345 e. The summed E-state index contributed by atoms with van der Waals surface area (Å²) in [4.78, 5) is 24.7. The lowest BCUT2D eigenvalue weighted by Crippen LogP contribution is -2.28. The van der Waals surface area contributed by atoms with Gasteiger partial charge >= 0.3 is 0 Å². The van der Waals surface area contributed by atoms with E-state index in [1.54, 1.807) is 18.2 Å². The molecule has 4 nitrogen and oxygen atoms in total. The van der Waals surface area contributed by atoms with Crippen LogP contribution in [0.15, 0.2) is 54.6 Å². The molecule has 2 N–H and O–H groups in total. The number of carbonyl (C=O) groups is 2. The maximum Gasteiger partial charge on any atom is 0.253 e. The van der Waals surface area contributed by atoms with E-state index in [-0.39, 0.29) is 23.8 Å². The Hall–Kier alpha value is -2.62. The van der Waals surface area contributed by atoms with E-state index >= 15 is 0 Å². The van der Waals surface area contributed by atoms with E-state index in [4.69, 9.17) is 0 Å². The van der Waals surface area contributed by atoms with Gasteiger partial charge in [0.05, 0.1) is 17.3 Å². The van der Waals surface area contributed by atoms with E-state index in [1.165, 1.54) is 0 Å². The number of rotatable bonds is 6. The number of hydrogen-bond acceptors (Lipinski definition) is 2. The van der Waals surface area contributed by atoms with Gasteiger partial charge in [0.25, 0.3) is 5.91 Å². The van der Waals surface area contributed by atoms with Crippen LogP contribution in [-0.2, 0) is 4.79 Å². The fraction of sp³-hybridized carbons (Fsp3) is 0.300. The molecule has 0 fully saturated rings. The van der Waals surface area contributed by atoms with Gasteiger partial charge in [-0.2, -0.15) is 0 Å². The number of amides is 2. The van der Waals surface area contributed by atoms with E-state index in [1.807, 2.05) is 57.2 Å². The number of hydrogen-bond donors (Lipinski definition) is 2. The first-order chi connectivity index (χ1) is 11.5. The first-order valence-corrected chi connectivity index (χ1v) is 8.28. The molecule has 24 heavy (non-hydrogen) atoms. The molecule has 2 atom stereocenters. The van der Waals surface area contributed by atoms with E-state index in [2.05, 4.69) is 10.6 Å². The Morgan fingerprint density at radius 2 is 1.58 bits per heavy atom. The average molecular weight is 324 g/mol. The number of benzene rings is 2. The highest BCUT2D eigenvalue weighted by Gasteiger charge is 2.17. The maximum atomic E-state index is 12.6. The molecule has 2 rings (SSSR count). The molecule has 0 unspecified atom stereocenters. The molecule has 0 aliphatic carbocycles. The zero-order valence-electron chi connectivity index (χ0n) is 14.4. The molecule has 0 spiro atoms. The van der Waals surface area contributed by atoms with Crippen LogP contribution >= 0.6 is 0 Å². The van der Waals surface area contributed by atoms with E-state index in [0.717, 1.165) is 12.0 Å². The lowest BCUT2D eigenvalue weighted by Gasteiger charge is -2.17. The van der Waals surface area contributed by atoms with E-state index < -0.39 is 0 Å². The molecule has 0 saturated heterocycles. The predicted molar refractivity (Wildman–Crippen MR) is 96.8 cm³/mol. The minimum Gasteiger partial charge on any atom is -0.345 e. The Bertz CT molecular complexity index is 698. The molecular formula is C20H24N2O2. The first-order valence-electron chi connectivity index (χ1n) is 8.28. The zero-order valence-corrected chi connectivity index (χ0v) is 14.4. The fourth-order valence-corrected chi connectivity index (χ4v) is 2.33. The number of nitrogens with one attached hydrogen (secondary N) is 2. The molecule has 4 heteroatoms. The Kier molecular flexibility index (Phi) is 6.13. The summed E-state index contributed by atoms with van der Waals surface area (Å²) < 4.78 is 0. The summed E-state index contributed by atoms with van der Waals surface area (Å²) in [6.45, 7) is 5.77. The van der Waals surface area contributed by atoms with Crippen LogP contribution in [0.2, 0.25) is 0 Å². The summed E-state index contributed by atoms with van der Waals surface area (Å²) >= 11 is 0. The molecule has 0 saturated carbocycles. The highest BCUT2D eigenvalue weighted by Crippen LogP contribution is 2.19. The molecular weight excluding hydrogens is 300 g/mol.